The van der Waals surface area contributed by atoms with Crippen LogP contribution in [0.25, 0.3) is 0 Å². The highest BCUT2D eigenvalue weighted by Gasteiger charge is 2.34. The minimum Gasteiger partial charge on any atom is -0.481 e. The van der Waals surface area contributed by atoms with Gasteiger partial charge in [-0.3, -0.25) is 14.4 Å². The lowest BCUT2D eigenvalue weighted by Gasteiger charge is -2.22. The van der Waals surface area contributed by atoms with E-state index < -0.39 is 11.9 Å². The summed E-state index contributed by atoms with van der Waals surface area (Å²) in [6.45, 7) is 1.05. The van der Waals surface area contributed by atoms with Crippen LogP contribution in [0.5, 0.6) is 0 Å². The molecular formula is C11H17NO5. The molecule has 0 spiro atoms. The molecule has 2 N–H and O–H groups in total. The van der Waals surface area contributed by atoms with Gasteiger partial charge in [-0.2, -0.15) is 0 Å². The number of ether oxygens (including phenoxy) is 1. The molecule has 0 radical (unpaired) electrons. The van der Waals surface area contributed by atoms with Gasteiger partial charge < -0.3 is 15.2 Å². The van der Waals surface area contributed by atoms with Crippen LogP contribution >= 0.6 is 0 Å². The normalized spacial score (nSPS) is 18.6. The molecule has 0 aliphatic heterocycles. The number of amides is 1. The third kappa shape index (κ3) is 4.95. The number of hydrogen-bond donors (Lipinski definition) is 2. The van der Waals surface area contributed by atoms with Crippen LogP contribution < -0.4 is 5.32 Å². The second kappa shape index (κ2) is 7.01. The molecule has 0 aromatic rings. The van der Waals surface area contributed by atoms with Crippen molar-refractivity contribution in [3.8, 4) is 0 Å². The van der Waals surface area contributed by atoms with E-state index in [1.54, 1.807) is 0 Å². The van der Waals surface area contributed by atoms with E-state index in [1.807, 2.05) is 0 Å². The van der Waals surface area contributed by atoms with E-state index in [0.717, 1.165) is 0 Å². The molecule has 0 unspecified atom stereocenters. The Morgan fingerprint density at radius 2 is 2.18 bits per heavy atom. The van der Waals surface area contributed by atoms with Crippen molar-refractivity contribution in [2.24, 2.45) is 5.92 Å². The Labute approximate surface area is 99.3 Å². The first kappa shape index (κ1) is 13.6. The molecular weight excluding hydrogens is 226 g/mol. The van der Waals surface area contributed by atoms with Crippen LogP contribution in [0.15, 0.2) is 0 Å². The van der Waals surface area contributed by atoms with Gasteiger partial charge in [0.15, 0.2) is 0 Å². The highest BCUT2D eigenvalue weighted by Crippen LogP contribution is 2.21. The van der Waals surface area contributed by atoms with Crippen LogP contribution in [0.4, 0.5) is 0 Å². The minimum absolute atomic E-state index is 0.0110. The molecule has 1 fully saturated rings. The van der Waals surface area contributed by atoms with Crippen molar-refractivity contribution in [3.63, 3.8) is 0 Å². The summed E-state index contributed by atoms with van der Waals surface area (Å²) in [5, 5.41) is 11.0. The summed E-state index contributed by atoms with van der Waals surface area (Å²) < 4.78 is 5.05. The summed E-state index contributed by atoms with van der Waals surface area (Å²) in [6, 6.07) is 0. The first-order valence-electron chi connectivity index (χ1n) is 5.71. The fourth-order valence-corrected chi connectivity index (χ4v) is 1.45. The van der Waals surface area contributed by atoms with E-state index in [4.69, 9.17) is 9.84 Å². The van der Waals surface area contributed by atoms with Crippen LogP contribution in [0.2, 0.25) is 0 Å². The quantitative estimate of drug-likeness (QED) is 0.461. The highest BCUT2D eigenvalue weighted by molar-refractivity contribution is 6.05. The molecule has 1 rings (SSSR count). The van der Waals surface area contributed by atoms with Crippen molar-refractivity contribution >= 4 is 17.7 Å². The number of nitrogens with one attached hydrogen (secondary N) is 1. The smallest absolute Gasteiger partial charge is 0.305 e. The third-order valence-electron chi connectivity index (χ3n) is 2.61. The Bertz CT molecular complexity index is 302. The van der Waals surface area contributed by atoms with Gasteiger partial charge in [-0.1, -0.05) is 0 Å². The van der Waals surface area contributed by atoms with E-state index in [2.05, 4.69) is 5.32 Å². The van der Waals surface area contributed by atoms with Gasteiger partial charge in [-0.15, -0.1) is 0 Å². The Morgan fingerprint density at radius 1 is 1.41 bits per heavy atom. The highest BCUT2D eigenvalue weighted by atomic mass is 16.5. The summed E-state index contributed by atoms with van der Waals surface area (Å²) in [4.78, 5) is 32.5. The summed E-state index contributed by atoms with van der Waals surface area (Å²) >= 11 is 0. The van der Waals surface area contributed by atoms with Gasteiger partial charge in [-0.25, -0.2) is 0 Å². The van der Waals surface area contributed by atoms with Gasteiger partial charge in [0.25, 0.3) is 0 Å². The van der Waals surface area contributed by atoms with E-state index in [-0.39, 0.29) is 24.7 Å². The molecule has 17 heavy (non-hydrogen) atoms. The van der Waals surface area contributed by atoms with Crippen molar-refractivity contribution in [3.05, 3.63) is 0 Å². The van der Waals surface area contributed by atoms with E-state index in [1.165, 1.54) is 0 Å². The predicted molar refractivity (Wildman–Crippen MR) is 58.4 cm³/mol. The topological polar surface area (TPSA) is 92.7 Å². The van der Waals surface area contributed by atoms with Crippen molar-refractivity contribution in [1.82, 2.24) is 5.32 Å². The monoisotopic (exact) mass is 243 g/mol. The van der Waals surface area contributed by atoms with Crippen LogP contribution in [0.3, 0.4) is 0 Å². The van der Waals surface area contributed by atoms with E-state index >= 15 is 0 Å². The molecule has 0 aromatic carbocycles. The molecule has 1 aliphatic carbocycles. The molecule has 0 heterocycles. The summed E-state index contributed by atoms with van der Waals surface area (Å²) in [5.74, 6) is -1.52. The lowest BCUT2D eigenvalue weighted by molar-refractivity contribution is -0.140. The first-order chi connectivity index (χ1) is 8.11. The molecule has 1 atom stereocenters. The number of carboxylic acids is 1. The number of hydrogen-bond acceptors (Lipinski definition) is 4. The first-order valence-corrected chi connectivity index (χ1v) is 5.71. The zero-order valence-corrected chi connectivity index (χ0v) is 9.61. The molecule has 0 bridgehead atoms. The van der Waals surface area contributed by atoms with Gasteiger partial charge in [0.1, 0.15) is 5.78 Å². The van der Waals surface area contributed by atoms with E-state index in [9.17, 15) is 14.4 Å². The molecule has 0 saturated heterocycles. The van der Waals surface area contributed by atoms with Crippen LogP contribution in [0, 0.1) is 5.92 Å². The minimum atomic E-state index is -0.887. The van der Waals surface area contributed by atoms with E-state index in [0.29, 0.717) is 32.4 Å². The van der Waals surface area contributed by atoms with Gasteiger partial charge in [-0.05, 0) is 12.8 Å². The number of carbonyl (C=O) groups excluding carboxylic acids is 2. The van der Waals surface area contributed by atoms with Gasteiger partial charge in [0.2, 0.25) is 5.91 Å². The fraction of sp³-hybridized carbons (Fsp3) is 0.727. The summed E-state index contributed by atoms with van der Waals surface area (Å²) in [7, 11) is 0. The number of carboxylic acid groups (broad SMARTS) is 1. The number of carbonyl (C=O) groups is 3. The molecule has 1 amide bonds. The Hall–Kier alpha value is -1.43. The average molecular weight is 243 g/mol. The number of Topliss-reactive ketones (excluding diaryl/α,β-unsaturated/α-hetero) is 1. The Kier molecular flexibility index (Phi) is 5.62. The van der Waals surface area contributed by atoms with Crippen LogP contribution in [-0.4, -0.2) is 42.5 Å². The number of aliphatic carboxylic acids is 1. The van der Waals surface area contributed by atoms with Gasteiger partial charge in [0, 0.05) is 19.6 Å². The summed E-state index contributed by atoms with van der Waals surface area (Å²) in [5.41, 5.74) is 0. The number of ketones is 1. The SMILES string of the molecule is O=C(O)CCOCCCNC(=O)[C@@H]1CCC1=O. The second-order valence-electron chi connectivity index (χ2n) is 3.96. The van der Waals surface area contributed by atoms with Crippen molar-refractivity contribution in [1.29, 1.82) is 0 Å². The summed E-state index contributed by atoms with van der Waals surface area (Å²) in [6.07, 6.45) is 1.77. The lowest BCUT2D eigenvalue weighted by atomic mass is 9.83. The molecule has 6 nitrogen and oxygen atoms in total. The van der Waals surface area contributed by atoms with Crippen molar-refractivity contribution in [2.75, 3.05) is 19.8 Å². The predicted octanol–water partition coefficient (Wildman–Crippen LogP) is -0.0369. The zero-order chi connectivity index (χ0) is 12.7. The second-order valence-corrected chi connectivity index (χ2v) is 3.96. The lowest BCUT2D eigenvalue weighted by Crippen LogP contribution is -2.41. The average Bonchev–Trinajstić information content (AvgIpc) is 2.25. The molecule has 0 aromatic heterocycles. The standard InChI is InChI=1S/C11H17NO5/c13-9-3-2-8(9)11(16)12-5-1-6-17-7-4-10(14)15/h8H,1-7H2,(H,12,16)(H,14,15)/t8-/m1/s1. The molecule has 1 aliphatic rings. The molecule has 1 saturated carbocycles. The van der Waals surface area contributed by atoms with Crippen LogP contribution in [-0.2, 0) is 19.1 Å². The van der Waals surface area contributed by atoms with Gasteiger partial charge >= 0.3 is 5.97 Å². The molecule has 96 valence electrons. The maximum atomic E-state index is 11.4. The van der Waals surface area contributed by atoms with Gasteiger partial charge in [0.05, 0.1) is 18.9 Å². The zero-order valence-electron chi connectivity index (χ0n) is 9.61. The van der Waals surface area contributed by atoms with Crippen LogP contribution in [0.1, 0.15) is 25.7 Å². The fourth-order valence-electron chi connectivity index (χ4n) is 1.45. The largest absolute Gasteiger partial charge is 0.481 e. The Morgan fingerprint density at radius 3 is 2.71 bits per heavy atom. The molecule has 6 heteroatoms. The third-order valence-corrected chi connectivity index (χ3v) is 2.61. The maximum absolute atomic E-state index is 11.4. The maximum Gasteiger partial charge on any atom is 0.305 e. The Balaban J connectivity index is 1.92. The van der Waals surface area contributed by atoms with Crippen molar-refractivity contribution < 1.29 is 24.2 Å². The number of rotatable bonds is 8. The van der Waals surface area contributed by atoms with Crippen molar-refractivity contribution in [2.45, 2.75) is 25.7 Å².